The summed E-state index contributed by atoms with van der Waals surface area (Å²) in [6, 6.07) is 24.5. The fraction of sp³-hybridized carbons (Fsp3) is 0.312. The zero-order chi connectivity index (χ0) is 27.3. The normalized spacial score (nSPS) is 13.8. The first-order valence-electron chi connectivity index (χ1n) is 14.0. The van der Waals surface area contributed by atoms with Gasteiger partial charge in [-0.1, -0.05) is 85.2 Å². The van der Waals surface area contributed by atoms with Gasteiger partial charge in [-0.05, 0) is 28.8 Å². The van der Waals surface area contributed by atoms with Gasteiger partial charge in [0.05, 0.1) is 6.61 Å². The second-order valence-electron chi connectivity index (χ2n) is 10.2. The second-order valence-corrected chi connectivity index (χ2v) is 10.2. The van der Waals surface area contributed by atoms with Crippen molar-refractivity contribution in [2.24, 2.45) is 0 Å². The highest BCUT2D eigenvalue weighted by atomic mass is 16.5. The lowest BCUT2D eigenvalue weighted by molar-refractivity contribution is -0.136. The molecule has 0 unspecified atom stereocenters. The Kier molecular flexibility index (Phi) is 7.68. The number of aromatic nitrogens is 3. The number of carbonyl (C=O) groups is 1. The monoisotopic (exact) mass is 535 g/mol. The van der Waals surface area contributed by atoms with Crippen molar-refractivity contribution in [3.63, 3.8) is 0 Å². The van der Waals surface area contributed by atoms with Crippen molar-refractivity contribution in [3.05, 3.63) is 84.2 Å². The average Bonchev–Trinajstić information content (AvgIpc) is 3.44. The Morgan fingerprint density at radius 3 is 2.50 bits per heavy atom. The van der Waals surface area contributed by atoms with Gasteiger partial charge in [0.25, 0.3) is 5.71 Å². The van der Waals surface area contributed by atoms with E-state index in [9.17, 15) is 4.79 Å². The topological polar surface area (TPSA) is 84.6 Å². The molecule has 8 nitrogen and oxygen atoms in total. The minimum Gasteiger partial charge on any atom is -0.367 e. The van der Waals surface area contributed by atoms with Gasteiger partial charge in [0.1, 0.15) is 29.3 Å². The molecular formula is C32H33N5O3. The van der Waals surface area contributed by atoms with Gasteiger partial charge in [0, 0.05) is 38.2 Å². The summed E-state index contributed by atoms with van der Waals surface area (Å²) >= 11 is 0. The van der Waals surface area contributed by atoms with Gasteiger partial charge >= 0.3 is 0 Å². The maximum absolute atomic E-state index is 12.9. The summed E-state index contributed by atoms with van der Waals surface area (Å²) in [5.41, 5.74) is 3.27. The molecule has 3 aromatic carbocycles. The van der Waals surface area contributed by atoms with Crippen LogP contribution in [0, 0.1) is 0 Å². The Morgan fingerprint density at radius 2 is 1.70 bits per heavy atom. The molecular weight excluding hydrogens is 502 g/mol. The van der Waals surface area contributed by atoms with Gasteiger partial charge in [0.15, 0.2) is 0 Å². The summed E-state index contributed by atoms with van der Waals surface area (Å²) in [7, 11) is 0. The highest BCUT2D eigenvalue weighted by molar-refractivity contribution is 6.00. The smallest absolute Gasteiger partial charge is 0.263 e. The van der Waals surface area contributed by atoms with Crippen LogP contribution < -0.4 is 4.90 Å². The summed E-state index contributed by atoms with van der Waals surface area (Å²) in [6.45, 7) is 5.17. The molecule has 1 aliphatic rings. The summed E-state index contributed by atoms with van der Waals surface area (Å²) in [4.78, 5) is 26.7. The first-order valence-corrected chi connectivity index (χ1v) is 14.0. The SMILES string of the molecule is CCCCc1nc(N2CCN(C(=O)COCc3ccccc3)CC2)c2c(-c3ccc4ccccc4c3)noc2n1. The minimum atomic E-state index is 0.00822. The van der Waals surface area contributed by atoms with Gasteiger partial charge in [-0.15, -0.1) is 0 Å². The van der Waals surface area contributed by atoms with E-state index < -0.39 is 0 Å². The van der Waals surface area contributed by atoms with Gasteiger partial charge < -0.3 is 19.1 Å². The molecule has 6 rings (SSSR count). The molecule has 2 aromatic heterocycles. The second kappa shape index (κ2) is 11.8. The van der Waals surface area contributed by atoms with Gasteiger partial charge in [-0.25, -0.2) is 4.98 Å². The third-order valence-electron chi connectivity index (χ3n) is 7.41. The molecule has 0 spiro atoms. The molecule has 0 saturated carbocycles. The van der Waals surface area contributed by atoms with Gasteiger partial charge in [-0.3, -0.25) is 4.79 Å². The van der Waals surface area contributed by atoms with Crippen molar-refractivity contribution < 1.29 is 14.1 Å². The number of hydrogen-bond acceptors (Lipinski definition) is 7. The standard InChI is InChI=1S/C32H33N5O3/c1-2-3-13-27-33-31(37-18-16-36(17-19-37)28(38)22-39-21-23-9-5-4-6-10-23)29-30(35-40-32(29)34-27)26-15-14-24-11-7-8-12-25(24)20-26/h4-12,14-15,20H,2-3,13,16-19,21-22H2,1H3. The Balaban J connectivity index is 1.23. The summed E-state index contributed by atoms with van der Waals surface area (Å²) in [6.07, 6.45) is 2.84. The molecule has 204 valence electrons. The minimum absolute atomic E-state index is 0.00822. The number of aryl methyl sites for hydroxylation is 1. The van der Waals surface area contributed by atoms with Crippen LogP contribution in [0.25, 0.3) is 33.1 Å². The van der Waals surface area contributed by atoms with Crippen molar-refractivity contribution >= 4 is 33.6 Å². The highest BCUT2D eigenvalue weighted by Crippen LogP contribution is 2.35. The molecule has 40 heavy (non-hydrogen) atoms. The number of carbonyl (C=O) groups excluding carboxylic acids is 1. The molecule has 1 fully saturated rings. The molecule has 1 saturated heterocycles. The van der Waals surface area contributed by atoms with Crippen molar-refractivity contribution in [3.8, 4) is 11.3 Å². The van der Waals surface area contributed by atoms with E-state index in [2.05, 4.69) is 47.3 Å². The number of benzene rings is 3. The number of fused-ring (bicyclic) bond motifs is 2. The van der Waals surface area contributed by atoms with E-state index in [1.807, 2.05) is 47.4 Å². The summed E-state index contributed by atoms with van der Waals surface area (Å²) in [5, 5.41) is 7.60. The van der Waals surface area contributed by atoms with Crippen molar-refractivity contribution in [1.29, 1.82) is 0 Å². The van der Waals surface area contributed by atoms with Crippen LogP contribution in [0.15, 0.2) is 77.3 Å². The third-order valence-corrected chi connectivity index (χ3v) is 7.41. The van der Waals surface area contributed by atoms with Crippen LogP contribution >= 0.6 is 0 Å². The molecule has 8 heteroatoms. The molecule has 1 aliphatic heterocycles. The number of anilines is 1. The van der Waals surface area contributed by atoms with Crippen molar-refractivity contribution in [2.45, 2.75) is 32.8 Å². The lowest BCUT2D eigenvalue weighted by atomic mass is 10.0. The van der Waals surface area contributed by atoms with E-state index in [0.717, 1.165) is 58.5 Å². The van der Waals surface area contributed by atoms with Crippen LogP contribution in [-0.2, 0) is 22.6 Å². The van der Waals surface area contributed by atoms with E-state index in [-0.39, 0.29) is 12.5 Å². The van der Waals surface area contributed by atoms with E-state index in [1.165, 1.54) is 5.39 Å². The van der Waals surface area contributed by atoms with Crippen LogP contribution in [0.3, 0.4) is 0 Å². The Hall–Kier alpha value is -4.30. The van der Waals surface area contributed by atoms with Crippen LogP contribution in [0.1, 0.15) is 31.2 Å². The summed E-state index contributed by atoms with van der Waals surface area (Å²) in [5.74, 6) is 1.60. The molecule has 5 aromatic rings. The number of amides is 1. The number of hydrogen-bond donors (Lipinski definition) is 0. The van der Waals surface area contributed by atoms with Crippen LogP contribution in [0.5, 0.6) is 0 Å². The Bertz CT molecular complexity index is 1610. The fourth-order valence-electron chi connectivity index (χ4n) is 5.18. The van der Waals surface area contributed by atoms with E-state index in [0.29, 0.717) is 38.5 Å². The molecule has 0 N–H and O–H groups in total. The Morgan fingerprint density at radius 1 is 0.925 bits per heavy atom. The summed E-state index contributed by atoms with van der Waals surface area (Å²) < 4.78 is 11.5. The molecule has 0 bridgehead atoms. The zero-order valence-electron chi connectivity index (χ0n) is 22.8. The lowest BCUT2D eigenvalue weighted by Crippen LogP contribution is -2.50. The lowest BCUT2D eigenvalue weighted by Gasteiger charge is -2.35. The fourth-order valence-corrected chi connectivity index (χ4v) is 5.18. The van der Waals surface area contributed by atoms with Crippen LogP contribution in [0.4, 0.5) is 5.82 Å². The number of piperazine rings is 1. The third kappa shape index (κ3) is 5.53. The number of rotatable bonds is 9. The first-order chi connectivity index (χ1) is 19.7. The maximum atomic E-state index is 12.9. The molecule has 0 radical (unpaired) electrons. The molecule has 0 aliphatic carbocycles. The van der Waals surface area contributed by atoms with Crippen LogP contribution in [0.2, 0.25) is 0 Å². The van der Waals surface area contributed by atoms with Gasteiger partial charge in [0.2, 0.25) is 5.91 Å². The predicted octanol–water partition coefficient (Wildman–Crippen LogP) is 5.65. The number of unbranched alkanes of at least 4 members (excludes halogenated alkanes) is 1. The molecule has 3 heterocycles. The molecule has 1 amide bonds. The largest absolute Gasteiger partial charge is 0.367 e. The van der Waals surface area contributed by atoms with Crippen LogP contribution in [-0.4, -0.2) is 58.7 Å². The molecule has 0 atom stereocenters. The zero-order valence-corrected chi connectivity index (χ0v) is 22.8. The Labute approximate surface area is 233 Å². The quantitative estimate of drug-likeness (QED) is 0.241. The number of nitrogens with zero attached hydrogens (tertiary/aromatic N) is 5. The van der Waals surface area contributed by atoms with E-state index >= 15 is 0 Å². The maximum Gasteiger partial charge on any atom is 0.263 e. The van der Waals surface area contributed by atoms with Crippen molar-refractivity contribution in [1.82, 2.24) is 20.0 Å². The highest BCUT2D eigenvalue weighted by Gasteiger charge is 2.27. The van der Waals surface area contributed by atoms with Crippen molar-refractivity contribution in [2.75, 3.05) is 37.7 Å². The predicted molar refractivity (Wildman–Crippen MR) is 156 cm³/mol. The first kappa shape index (κ1) is 26.0. The average molecular weight is 536 g/mol. The van der Waals surface area contributed by atoms with E-state index in [1.54, 1.807) is 0 Å². The van der Waals surface area contributed by atoms with Gasteiger partial charge in [-0.2, -0.15) is 4.98 Å². The van der Waals surface area contributed by atoms with E-state index in [4.69, 9.17) is 19.2 Å². The number of ether oxygens (including phenoxy) is 1.